The molecule has 1 saturated heterocycles. The highest BCUT2D eigenvalue weighted by Gasteiger charge is 2.22. The van der Waals surface area contributed by atoms with E-state index in [2.05, 4.69) is 41.1 Å². The van der Waals surface area contributed by atoms with Crippen molar-refractivity contribution in [2.24, 2.45) is 0 Å². The highest BCUT2D eigenvalue weighted by Crippen LogP contribution is 2.35. The van der Waals surface area contributed by atoms with Gasteiger partial charge in [-0.05, 0) is 20.0 Å². The van der Waals surface area contributed by atoms with E-state index >= 15 is 0 Å². The third-order valence-corrected chi connectivity index (χ3v) is 4.69. The maximum absolute atomic E-state index is 6.28. The third kappa shape index (κ3) is 3.44. The van der Waals surface area contributed by atoms with Crippen LogP contribution in [0.25, 0.3) is 22.6 Å². The van der Waals surface area contributed by atoms with Crippen molar-refractivity contribution in [1.29, 1.82) is 0 Å². The molecular weight excluding hydrogens is 310 g/mol. The van der Waals surface area contributed by atoms with Gasteiger partial charge in [0.25, 0.3) is 6.01 Å². The number of nitrogens with zero attached hydrogens (tertiary/aromatic N) is 3. The van der Waals surface area contributed by atoms with Gasteiger partial charge in [0.15, 0.2) is 5.76 Å². The molecule has 0 bridgehead atoms. The molecule has 0 saturated carbocycles. The second-order valence-electron chi connectivity index (χ2n) is 6.55. The first-order valence-electron chi connectivity index (χ1n) is 8.86. The highest BCUT2D eigenvalue weighted by atomic mass is 16.4. The van der Waals surface area contributed by atoms with Crippen molar-refractivity contribution in [1.82, 2.24) is 9.88 Å². The monoisotopic (exact) mass is 333 g/mol. The second-order valence-corrected chi connectivity index (χ2v) is 6.55. The number of benzene rings is 2. The zero-order chi connectivity index (χ0) is 17.1. The van der Waals surface area contributed by atoms with Gasteiger partial charge < -0.3 is 14.2 Å². The summed E-state index contributed by atoms with van der Waals surface area (Å²) >= 11 is 0. The van der Waals surface area contributed by atoms with Gasteiger partial charge in [0, 0.05) is 30.8 Å². The molecule has 4 nitrogen and oxygen atoms in total. The Morgan fingerprint density at radius 2 is 1.48 bits per heavy atom. The van der Waals surface area contributed by atoms with Gasteiger partial charge in [-0.15, -0.1) is 0 Å². The van der Waals surface area contributed by atoms with Gasteiger partial charge in [0.1, 0.15) is 5.69 Å². The summed E-state index contributed by atoms with van der Waals surface area (Å²) in [5.74, 6) is 0.847. The zero-order valence-electron chi connectivity index (χ0n) is 14.6. The van der Waals surface area contributed by atoms with Gasteiger partial charge in [-0.3, -0.25) is 0 Å². The molecule has 1 aliphatic rings. The van der Waals surface area contributed by atoms with Crippen molar-refractivity contribution in [3.8, 4) is 22.6 Å². The van der Waals surface area contributed by atoms with Crippen LogP contribution in [0, 0.1) is 0 Å². The fraction of sp³-hybridized carbons (Fsp3) is 0.286. The molecule has 1 aliphatic heterocycles. The van der Waals surface area contributed by atoms with Crippen molar-refractivity contribution >= 4 is 6.01 Å². The van der Waals surface area contributed by atoms with Crippen LogP contribution in [0.1, 0.15) is 6.42 Å². The Morgan fingerprint density at radius 3 is 2.20 bits per heavy atom. The largest absolute Gasteiger partial charge is 0.423 e. The minimum atomic E-state index is 0.730. The van der Waals surface area contributed by atoms with Crippen LogP contribution in [0.4, 0.5) is 6.01 Å². The van der Waals surface area contributed by atoms with E-state index in [-0.39, 0.29) is 0 Å². The Morgan fingerprint density at radius 1 is 0.800 bits per heavy atom. The van der Waals surface area contributed by atoms with Gasteiger partial charge in [-0.25, -0.2) is 0 Å². The van der Waals surface area contributed by atoms with Crippen LogP contribution < -0.4 is 4.90 Å². The molecule has 0 radical (unpaired) electrons. The lowest BCUT2D eigenvalue weighted by molar-refractivity contribution is 0.359. The number of anilines is 1. The predicted molar refractivity (Wildman–Crippen MR) is 102 cm³/mol. The molecule has 0 amide bonds. The Kier molecular flexibility index (Phi) is 4.53. The molecule has 3 aromatic rings. The number of likely N-dealkylation sites (N-methyl/N-ethyl adjacent to an activating group) is 1. The van der Waals surface area contributed by atoms with E-state index in [1.165, 1.54) is 0 Å². The van der Waals surface area contributed by atoms with Crippen LogP contribution in [0.5, 0.6) is 0 Å². The molecule has 0 spiro atoms. The summed E-state index contributed by atoms with van der Waals surface area (Å²) < 4.78 is 6.28. The smallest absolute Gasteiger partial charge is 0.298 e. The number of oxazole rings is 1. The maximum Gasteiger partial charge on any atom is 0.298 e. The number of aromatic nitrogens is 1. The van der Waals surface area contributed by atoms with Crippen LogP contribution in [0.15, 0.2) is 65.1 Å². The average Bonchev–Trinajstić information content (AvgIpc) is 3.00. The molecule has 0 N–H and O–H groups in total. The molecule has 128 valence electrons. The molecule has 0 aliphatic carbocycles. The topological polar surface area (TPSA) is 32.5 Å². The Labute approximate surface area is 148 Å². The van der Waals surface area contributed by atoms with Gasteiger partial charge in [0.2, 0.25) is 0 Å². The molecular formula is C21H23N3O. The van der Waals surface area contributed by atoms with Crippen molar-refractivity contribution in [2.75, 3.05) is 38.1 Å². The molecule has 0 unspecified atom stereocenters. The third-order valence-electron chi connectivity index (χ3n) is 4.69. The van der Waals surface area contributed by atoms with Crippen LogP contribution in [-0.2, 0) is 0 Å². The summed E-state index contributed by atoms with van der Waals surface area (Å²) in [6, 6.07) is 21.3. The molecule has 0 atom stereocenters. The maximum atomic E-state index is 6.28. The van der Waals surface area contributed by atoms with Gasteiger partial charge in [-0.1, -0.05) is 60.7 Å². The van der Waals surface area contributed by atoms with Crippen LogP contribution in [0.2, 0.25) is 0 Å². The quantitative estimate of drug-likeness (QED) is 0.721. The molecule has 25 heavy (non-hydrogen) atoms. The lowest BCUT2D eigenvalue weighted by Gasteiger charge is -2.17. The fourth-order valence-corrected chi connectivity index (χ4v) is 3.26. The summed E-state index contributed by atoms with van der Waals surface area (Å²) in [5.41, 5.74) is 3.06. The summed E-state index contributed by atoms with van der Waals surface area (Å²) in [7, 11) is 2.17. The standard InChI is InChI=1S/C21H23N3O/c1-23-13-8-14-24(16-15-23)21-22-19(17-9-4-2-5-10-17)20(25-21)18-11-6-3-7-12-18/h2-7,9-12H,8,13-16H2,1H3. The predicted octanol–water partition coefficient (Wildman–Crippen LogP) is 4.15. The first-order chi connectivity index (χ1) is 12.3. The van der Waals surface area contributed by atoms with Gasteiger partial charge >= 0.3 is 0 Å². The second kappa shape index (κ2) is 7.11. The van der Waals surface area contributed by atoms with Crippen LogP contribution in [0.3, 0.4) is 0 Å². The lowest BCUT2D eigenvalue weighted by Crippen LogP contribution is -2.28. The van der Waals surface area contributed by atoms with Crippen molar-refractivity contribution in [3.63, 3.8) is 0 Å². The minimum absolute atomic E-state index is 0.730. The van der Waals surface area contributed by atoms with Crippen LogP contribution in [-0.4, -0.2) is 43.1 Å². The van der Waals surface area contributed by atoms with Crippen molar-refractivity contribution < 1.29 is 4.42 Å². The van der Waals surface area contributed by atoms with Gasteiger partial charge in [0.05, 0.1) is 0 Å². The van der Waals surface area contributed by atoms with Crippen molar-refractivity contribution in [2.45, 2.75) is 6.42 Å². The number of hydrogen-bond donors (Lipinski definition) is 0. The van der Waals surface area contributed by atoms with E-state index in [4.69, 9.17) is 9.40 Å². The molecule has 2 heterocycles. The summed E-state index contributed by atoms with van der Waals surface area (Å²) in [4.78, 5) is 9.51. The van der Waals surface area contributed by atoms with E-state index in [1.807, 2.05) is 36.4 Å². The normalized spacial score (nSPS) is 16.0. The SMILES string of the molecule is CN1CCCN(c2nc(-c3ccccc3)c(-c3ccccc3)o2)CC1. The van der Waals surface area contributed by atoms with E-state index in [0.29, 0.717) is 0 Å². The van der Waals surface area contributed by atoms with Crippen molar-refractivity contribution in [3.05, 3.63) is 60.7 Å². The molecule has 4 heteroatoms. The minimum Gasteiger partial charge on any atom is -0.423 e. The van der Waals surface area contributed by atoms with E-state index in [0.717, 1.165) is 61.2 Å². The number of hydrogen-bond acceptors (Lipinski definition) is 4. The summed E-state index contributed by atoms with van der Waals surface area (Å²) in [6.07, 6.45) is 1.13. The summed E-state index contributed by atoms with van der Waals surface area (Å²) in [5, 5.41) is 0. The molecule has 1 aromatic heterocycles. The van der Waals surface area contributed by atoms with Crippen LogP contribution >= 0.6 is 0 Å². The molecule has 1 fully saturated rings. The Balaban J connectivity index is 1.76. The first kappa shape index (κ1) is 15.9. The van der Waals surface area contributed by atoms with E-state index in [9.17, 15) is 0 Å². The van der Waals surface area contributed by atoms with Gasteiger partial charge in [-0.2, -0.15) is 4.98 Å². The molecule has 4 rings (SSSR count). The Bertz CT molecular complexity index is 757. The Hall–Kier alpha value is -2.59. The number of rotatable bonds is 3. The highest BCUT2D eigenvalue weighted by molar-refractivity contribution is 5.78. The molecule has 2 aromatic carbocycles. The average molecular weight is 333 g/mol. The van der Waals surface area contributed by atoms with E-state index in [1.54, 1.807) is 0 Å². The zero-order valence-corrected chi connectivity index (χ0v) is 14.6. The first-order valence-corrected chi connectivity index (χ1v) is 8.86. The van der Waals surface area contributed by atoms with E-state index < -0.39 is 0 Å². The lowest BCUT2D eigenvalue weighted by atomic mass is 10.1. The fourth-order valence-electron chi connectivity index (χ4n) is 3.26. The summed E-state index contributed by atoms with van der Waals surface area (Å²) in [6.45, 7) is 4.07.